The molecule has 0 saturated carbocycles. The molecule has 1 fully saturated rings. The van der Waals surface area contributed by atoms with Crippen LogP contribution in [0.15, 0.2) is 0 Å². The third-order valence-corrected chi connectivity index (χ3v) is 6.32. The predicted molar refractivity (Wildman–Crippen MR) is 107 cm³/mol. The normalized spacial score (nSPS) is 22.7. The number of rotatable bonds is 13. The Morgan fingerprint density at radius 2 is 1.36 bits per heavy atom. The fraction of sp³-hybridized carbons (Fsp3) is 0.952. The average Bonchev–Trinajstić information content (AvgIpc) is 2.89. The van der Waals surface area contributed by atoms with E-state index in [9.17, 15) is 9.90 Å². The Hall–Kier alpha value is -0.610. The minimum atomic E-state index is -0.622. The summed E-state index contributed by atoms with van der Waals surface area (Å²) in [6.07, 6.45) is 13.1. The van der Waals surface area contributed by atoms with Gasteiger partial charge in [-0.15, -0.1) is 0 Å². The van der Waals surface area contributed by atoms with Gasteiger partial charge in [0.2, 0.25) is 0 Å². The average molecular weight is 357 g/mol. The van der Waals surface area contributed by atoms with Crippen LogP contribution in [0.3, 0.4) is 0 Å². The molecule has 4 N–H and O–H groups in total. The molecule has 0 unspecified atom stereocenters. The van der Waals surface area contributed by atoms with E-state index in [1.165, 1.54) is 0 Å². The fourth-order valence-corrected chi connectivity index (χ4v) is 4.88. The van der Waals surface area contributed by atoms with Crippen LogP contribution in [0, 0.1) is 5.41 Å². The molecule has 0 radical (unpaired) electrons. The van der Waals surface area contributed by atoms with Crippen LogP contribution in [0.2, 0.25) is 0 Å². The second-order valence-electron chi connectivity index (χ2n) is 7.85. The van der Waals surface area contributed by atoms with Crippen LogP contribution in [0.5, 0.6) is 0 Å². The summed E-state index contributed by atoms with van der Waals surface area (Å²) in [6.45, 7) is 10.8. The Labute approximate surface area is 156 Å². The zero-order valence-electron chi connectivity index (χ0n) is 17.4. The van der Waals surface area contributed by atoms with Crippen LogP contribution >= 0.6 is 0 Å². The first-order valence-corrected chi connectivity index (χ1v) is 10.5. The fourth-order valence-electron chi connectivity index (χ4n) is 4.88. The molecule has 0 aromatic rings. The molecule has 25 heavy (non-hydrogen) atoms. The maximum Gasteiger partial charge on any atom is 0.324 e. The number of carbonyl (C=O) groups is 1. The van der Waals surface area contributed by atoms with Gasteiger partial charge in [0.05, 0.1) is 0 Å². The van der Waals surface area contributed by atoms with Gasteiger partial charge in [0.1, 0.15) is 5.54 Å². The predicted octanol–water partition coefficient (Wildman–Crippen LogP) is 6.03. The molecule has 1 saturated heterocycles. The maximum atomic E-state index is 12.7. The lowest BCUT2D eigenvalue weighted by Crippen LogP contribution is -2.59. The Morgan fingerprint density at radius 3 is 1.80 bits per heavy atom. The summed E-state index contributed by atoms with van der Waals surface area (Å²) in [5.41, 5.74) is -0.643. The van der Waals surface area contributed by atoms with E-state index >= 15 is 0 Å². The second-order valence-corrected chi connectivity index (χ2v) is 7.85. The van der Waals surface area contributed by atoms with E-state index < -0.39 is 11.5 Å². The number of likely N-dealkylation sites (tertiary alicyclic amines) is 1. The van der Waals surface area contributed by atoms with E-state index in [0.717, 1.165) is 90.1 Å². The van der Waals surface area contributed by atoms with Crippen molar-refractivity contribution in [1.82, 2.24) is 11.1 Å². The zero-order valence-corrected chi connectivity index (χ0v) is 17.4. The minimum absolute atomic E-state index is 0. The molecule has 1 heterocycles. The molecule has 4 nitrogen and oxygen atoms in total. The largest absolute Gasteiger partial charge is 0.480 e. The number of unbranched alkanes of at least 4 members (excludes halogenated alkanes) is 4. The number of hydrogen-bond donors (Lipinski definition) is 2. The molecule has 1 aliphatic heterocycles. The SMILES string of the molecule is CCCCN1CCC(CCCC)(CCCC)[C@@]1(CCCC)C(=O)O.N. The Kier molecular flexibility index (Phi) is 11.6. The van der Waals surface area contributed by atoms with Gasteiger partial charge < -0.3 is 11.3 Å². The first-order valence-electron chi connectivity index (χ1n) is 10.5. The molecular weight excluding hydrogens is 312 g/mol. The molecule has 0 aromatic carbocycles. The highest BCUT2D eigenvalue weighted by molar-refractivity contribution is 5.81. The second kappa shape index (κ2) is 11.9. The van der Waals surface area contributed by atoms with Gasteiger partial charge in [-0.2, -0.15) is 0 Å². The highest BCUT2D eigenvalue weighted by Crippen LogP contribution is 2.55. The molecule has 0 aromatic heterocycles. The van der Waals surface area contributed by atoms with E-state index in [1.807, 2.05) is 0 Å². The van der Waals surface area contributed by atoms with Crippen LogP contribution in [0.4, 0.5) is 0 Å². The Morgan fingerprint density at radius 1 is 0.880 bits per heavy atom. The molecule has 1 rings (SSSR count). The molecule has 1 atom stereocenters. The van der Waals surface area contributed by atoms with E-state index in [2.05, 4.69) is 32.6 Å². The highest BCUT2D eigenvalue weighted by Gasteiger charge is 2.61. The highest BCUT2D eigenvalue weighted by atomic mass is 16.4. The van der Waals surface area contributed by atoms with Crippen molar-refractivity contribution >= 4 is 5.97 Å². The van der Waals surface area contributed by atoms with Gasteiger partial charge in [-0.1, -0.05) is 72.6 Å². The molecule has 0 spiro atoms. The Balaban J connectivity index is 0.00000576. The van der Waals surface area contributed by atoms with E-state index in [4.69, 9.17) is 0 Å². The van der Waals surface area contributed by atoms with E-state index in [0.29, 0.717) is 0 Å². The first kappa shape index (κ1) is 24.4. The van der Waals surface area contributed by atoms with Crippen molar-refractivity contribution < 1.29 is 9.90 Å². The molecule has 0 amide bonds. The number of carboxylic acid groups (broad SMARTS) is 1. The minimum Gasteiger partial charge on any atom is -0.480 e. The van der Waals surface area contributed by atoms with Crippen molar-refractivity contribution in [3.63, 3.8) is 0 Å². The molecule has 0 aliphatic carbocycles. The molecule has 0 bridgehead atoms. The van der Waals surface area contributed by atoms with Gasteiger partial charge in [-0.3, -0.25) is 9.69 Å². The first-order chi connectivity index (χ1) is 11.5. The van der Waals surface area contributed by atoms with Gasteiger partial charge in [-0.25, -0.2) is 0 Å². The zero-order chi connectivity index (χ0) is 18.1. The summed E-state index contributed by atoms with van der Waals surface area (Å²) in [7, 11) is 0. The van der Waals surface area contributed by atoms with Crippen LogP contribution in [-0.2, 0) is 4.79 Å². The van der Waals surface area contributed by atoms with Crippen LogP contribution in [-0.4, -0.2) is 34.6 Å². The smallest absolute Gasteiger partial charge is 0.324 e. The summed E-state index contributed by atoms with van der Waals surface area (Å²) in [5.74, 6) is -0.545. The van der Waals surface area contributed by atoms with Gasteiger partial charge in [0.25, 0.3) is 0 Å². The number of nitrogens with zero attached hydrogens (tertiary/aromatic N) is 1. The van der Waals surface area contributed by atoms with Gasteiger partial charge in [0, 0.05) is 5.41 Å². The molecule has 150 valence electrons. The maximum absolute atomic E-state index is 12.7. The van der Waals surface area contributed by atoms with Crippen LogP contribution in [0.25, 0.3) is 0 Å². The van der Waals surface area contributed by atoms with Gasteiger partial charge in [0.15, 0.2) is 0 Å². The van der Waals surface area contributed by atoms with Crippen LogP contribution < -0.4 is 6.15 Å². The molecule has 1 aliphatic rings. The van der Waals surface area contributed by atoms with Gasteiger partial charge >= 0.3 is 5.97 Å². The lowest BCUT2D eigenvalue weighted by atomic mass is 9.62. The van der Waals surface area contributed by atoms with Gasteiger partial charge in [-0.05, 0) is 45.2 Å². The van der Waals surface area contributed by atoms with E-state index in [1.54, 1.807) is 0 Å². The van der Waals surface area contributed by atoms with Crippen LogP contribution in [0.1, 0.15) is 105 Å². The van der Waals surface area contributed by atoms with Crippen molar-refractivity contribution in [3.8, 4) is 0 Å². The lowest BCUT2D eigenvalue weighted by Gasteiger charge is -2.48. The Bertz CT molecular complexity index is 365. The monoisotopic (exact) mass is 356 g/mol. The topological polar surface area (TPSA) is 75.5 Å². The quantitative estimate of drug-likeness (QED) is 0.422. The van der Waals surface area contributed by atoms with E-state index in [-0.39, 0.29) is 11.6 Å². The summed E-state index contributed by atoms with van der Waals surface area (Å²) < 4.78 is 0. The standard InChI is InChI=1S/C21H41NO2.H3N/c1-5-9-13-20(14-10-6-2)16-18-22(17-12-8-4)21(20,19(23)24)15-11-7-3;/h5-18H2,1-4H3,(H,23,24);1H3/t21-;/m1./s1. The summed E-state index contributed by atoms with van der Waals surface area (Å²) in [5, 5.41) is 10.5. The summed E-state index contributed by atoms with van der Waals surface area (Å²) >= 11 is 0. The van der Waals surface area contributed by atoms with Crippen molar-refractivity contribution in [2.24, 2.45) is 5.41 Å². The van der Waals surface area contributed by atoms with Crippen molar-refractivity contribution in [2.45, 2.75) is 110 Å². The third kappa shape index (κ3) is 5.19. The lowest BCUT2D eigenvalue weighted by molar-refractivity contribution is -0.159. The molecular formula is C21H44N2O2. The van der Waals surface area contributed by atoms with Crippen molar-refractivity contribution in [2.75, 3.05) is 13.1 Å². The number of aliphatic carboxylic acids is 1. The molecule has 4 heteroatoms. The number of carboxylic acids is 1. The summed E-state index contributed by atoms with van der Waals surface area (Å²) in [4.78, 5) is 15.1. The summed E-state index contributed by atoms with van der Waals surface area (Å²) in [6, 6.07) is 0. The van der Waals surface area contributed by atoms with Crippen molar-refractivity contribution in [3.05, 3.63) is 0 Å². The number of hydrogen-bond acceptors (Lipinski definition) is 3. The third-order valence-electron chi connectivity index (χ3n) is 6.32. The van der Waals surface area contributed by atoms with Crippen molar-refractivity contribution in [1.29, 1.82) is 0 Å².